The van der Waals surface area contributed by atoms with Crippen LogP contribution in [0.4, 0.5) is 0 Å². The van der Waals surface area contributed by atoms with Crippen LogP contribution in [0.3, 0.4) is 0 Å². The number of piperazine rings is 1. The average Bonchev–Trinajstić information content (AvgIpc) is 2.78. The van der Waals surface area contributed by atoms with E-state index in [-0.39, 0.29) is 42.5 Å². The molecule has 2 aromatic rings. The van der Waals surface area contributed by atoms with Gasteiger partial charge in [0.15, 0.2) is 11.5 Å². The van der Waals surface area contributed by atoms with E-state index in [4.69, 9.17) is 9.47 Å². The minimum Gasteiger partial charge on any atom is -0.545 e. The highest BCUT2D eigenvalue weighted by Gasteiger charge is 2.31. The number of hydrogen-bond donors (Lipinski definition) is 0. The average molecular weight is 431 g/mol. The van der Waals surface area contributed by atoms with Crippen LogP contribution in [-0.2, 0) is 10.0 Å². The number of hydrogen-bond acceptors (Lipinski definition) is 7. The van der Waals surface area contributed by atoms with E-state index in [0.29, 0.717) is 30.3 Å². The quantitative estimate of drug-likeness (QED) is 0.667. The molecular weight excluding hydrogens is 412 g/mol. The summed E-state index contributed by atoms with van der Waals surface area (Å²) in [5, 5.41) is 10.8. The smallest absolute Gasteiger partial charge is 0.253 e. The van der Waals surface area contributed by atoms with Crippen LogP contribution >= 0.6 is 0 Å². The van der Waals surface area contributed by atoms with Crippen molar-refractivity contribution in [1.29, 1.82) is 0 Å². The van der Waals surface area contributed by atoms with Crippen molar-refractivity contribution in [3.8, 4) is 11.5 Å². The zero-order valence-corrected chi connectivity index (χ0v) is 16.8. The molecule has 0 radical (unpaired) electrons. The van der Waals surface area contributed by atoms with Gasteiger partial charge in [-0.2, -0.15) is 4.31 Å². The summed E-state index contributed by atoms with van der Waals surface area (Å²) in [7, 11) is -3.74. The van der Waals surface area contributed by atoms with Crippen molar-refractivity contribution < 1.29 is 32.6 Å². The SMILES string of the molecule is O=C([O-])c1ccc(C(=O)N2CCN(S(=O)(=O)c3ccc4c(c3)OCCO4)CC2)cc1. The summed E-state index contributed by atoms with van der Waals surface area (Å²) < 4.78 is 38.2. The number of ether oxygens (including phenoxy) is 2. The standard InChI is InChI=1S/C20H20N2O7S/c23-19(14-1-3-15(4-2-14)20(24)25)21-7-9-22(10-8-21)30(26,27)16-5-6-17-18(13-16)29-12-11-28-17/h1-6,13H,7-12H2,(H,24,25)/p-1. The molecule has 0 bridgehead atoms. The van der Waals surface area contributed by atoms with Crippen LogP contribution in [0.15, 0.2) is 47.4 Å². The van der Waals surface area contributed by atoms with Gasteiger partial charge in [0, 0.05) is 37.8 Å². The molecule has 1 saturated heterocycles. The zero-order valence-electron chi connectivity index (χ0n) is 15.9. The molecular formula is C20H19N2O7S-. The molecule has 158 valence electrons. The third-order valence-corrected chi connectivity index (χ3v) is 6.94. The lowest BCUT2D eigenvalue weighted by atomic mass is 10.1. The molecule has 0 saturated carbocycles. The molecule has 2 heterocycles. The van der Waals surface area contributed by atoms with Crippen LogP contribution in [0.5, 0.6) is 11.5 Å². The first-order chi connectivity index (χ1) is 14.4. The van der Waals surface area contributed by atoms with Gasteiger partial charge in [-0.25, -0.2) is 8.42 Å². The van der Waals surface area contributed by atoms with Gasteiger partial charge >= 0.3 is 0 Å². The molecule has 4 rings (SSSR count). The van der Waals surface area contributed by atoms with Gasteiger partial charge in [-0.15, -0.1) is 0 Å². The van der Waals surface area contributed by atoms with Gasteiger partial charge in [0.2, 0.25) is 10.0 Å². The Hall–Kier alpha value is -3.11. The van der Waals surface area contributed by atoms with Crippen molar-refractivity contribution in [3.63, 3.8) is 0 Å². The van der Waals surface area contributed by atoms with Crippen molar-refractivity contribution in [3.05, 3.63) is 53.6 Å². The van der Waals surface area contributed by atoms with Crippen molar-refractivity contribution in [2.45, 2.75) is 4.90 Å². The maximum absolute atomic E-state index is 13.0. The second kappa shape index (κ2) is 7.96. The summed E-state index contributed by atoms with van der Waals surface area (Å²) >= 11 is 0. The Morgan fingerprint density at radius 2 is 1.43 bits per heavy atom. The summed E-state index contributed by atoms with van der Waals surface area (Å²) in [4.78, 5) is 25.1. The molecule has 1 amide bonds. The maximum Gasteiger partial charge on any atom is 0.253 e. The van der Waals surface area contributed by atoms with E-state index in [1.165, 1.54) is 40.7 Å². The van der Waals surface area contributed by atoms with Gasteiger partial charge in [0.1, 0.15) is 13.2 Å². The van der Waals surface area contributed by atoms with Crippen LogP contribution in [-0.4, -0.2) is 68.9 Å². The number of carboxylic acid groups (broad SMARTS) is 1. The van der Waals surface area contributed by atoms with Crippen LogP contribution < -0.4 is 14.6 Å². The fourth-order valence-corrected chi connectivity index (χ4v) is 4.83. The Morgan fingerprint density at radius 1 is 0.833 bits per heavy atom. The topological polar surface area (TPSA) is 116 Å². The molecule has 0 atom stereocenters. The van der Waals surface area contributed by atoms with Gasteiger partial charge in [-0.05, 0) is 29.8 Å². The molecule has 0 aromatic heterocycles. The number of rotatable bonds is 4. The molecule has 2 aliphatic rings. The van der Waals surface area contributed by atoms with E-state index >= 15 is 0 Å². The highest BCUT2D eigenvalue weighted by Crippen LogP contribution is 2.33. The summed E-state index contributed by atoms with van der Waals surface area (Å²) in [6.45, 7) is 1.54. The first-order valence-corrected chi connectivity index (χ1v) is 10.8. The molecule has 30 heavy (non-hydrogen) atoms. The van der Waals surface area contributed by atoms with Crippen LogP contribution in [0.1, 0.15) is 20.7 Å². The van der Waals surface area contributed by atoms with E-state index in [2.05, 4.69) is 0 Å². The molecule has 0 unspecified atom stereocenters. The number of carbonyl (C=O) groups excluding carboxylic acids is 2. The highest BCUT2D eigenvalue weighted by molar-refractivity contribution is 7.89. The minimum atomic E-state index is -3.74. The van der Waals surface area contributed by atoms with E-state index in [9.17, 15) is 23.1 Å². The number of nitrogens with zero attached hydrogens (tertiary/aromatic N) is 2. The lowest BCUT2D eigenvalue weighted by Crippen LogP contribution is -2.50. The van der Waals surface area contributed by atoms with Crippen LogP contribution in [0.25, 0.3) is 0 Å². The Bertz CT molecular complexity index is 1070. The van der Waals surface area contributed by atoms with Crippen molar-refractivity contribution >= 4 is 21.9 Å². The normalized spacial score (nSPS) is 16.9. The molecule has 2 aromatic carbocycles. The molecule has 2 aliphatic heterocycles. The third-order valence-electron chi connectivity index (χ3n) is 5.04. The van der Waals surface area contributed by atoms with Crippen LogP contribution in [0.2, 0.25) is 0 Å². The molecule has 0 spiro atoms. The Balaban J connectivity index is 1.43. The summed E-state index contributed by atoms with van der Waals surface area (Å²) in [5.74, 6) is -0.681. The highest BCUT2D eigenvalue weighted by atomic mass is 32.2. The Labute approximate surface area is 173 Å². The first-order valence-electron chi connectivity index (χ1n) is 9.37. The fourth-order valence-electron chi connectivity index (χ4n) is 3.40. The molecule has 0 aliphatic carbocycles. The maximum atomic E-state index is 13.0. The van der Waals surface area contributed by atoms with Crippen molar-refractivity contribution in [2.75, 3.05) is 39.4 Å². The minimum absolute atomic E-state index is 0.0121. The van der Waals surface area contributed by atoms with E-state index in [0.717, 1.165) is 0 Å². The number of carbonyl (C=O) groups is 2. The third kappa shape index (κ3) is 3.83. The summed E-state index contributed by atoms with van der Waals surface area (Å²) in [5.41, 5.74) is 0.324. The number of aromatic carboxylic acids is 1. The van der Waals surface area contributed by atoms with E-state index in [1.807, 2.05) is 0 Å². The molecule has 10 heteroatoms. The number of fused-ring (bicyclic) bond motifs is 1. The fraction of sp³-hybridized carbons (Fsp3) is 0.300. The summed E-state index contributed by atoms with van der Waals surface area (Å²) in [6.07, 6.45) is 0. The van der Waals surface area contributed by atoms with Crippen molar-refractivity contribution in [1.82, 2.24) is 9.21 Å². The lowest BCUT2D eigenvalue weighted by Gasteiger charge is -2.34. The number of amides is 1. The van der Waals surface area contributed by atoms with Crippen LogP contribution in [0, 0.1) is 0 Å². The first kappa shape index (κ1) is 20.2. The Morgan fingerprint density at radius 3 is 2.07 bits per heavy atom. The predicted octanol–water partition coefficient (Wildman–Crippen LogP) is -0.0320. The van der Waals surface area contributed by atoms with Crippen molar-refractivity contribution in [2.24, 2.45) is 0 Å². The van der Waals surface area contributed by atoms with Gasteiger partial charge in [0.05, 0.1) is 10.9 Å². The van der Waals surface area contributed by atoms with E-state index in [1.54, 1.807) is 11.0 Å². The predicted molar refractivity (Wildman–Crippen MR) is 103 cm³/mol. The molecule has 1 fully saturated rings. The number of sulfonamides is 1. The largest absolute Gasteiger partial charge is 0.545 e. The monoisotopic (exact) mass is 431 g/mol. The zero-order chi connectivity index (χ0) is 21.3. The van der Waals surface area contributed by atoms with E-state index < -0.39 is 16.0 Å². The number of carboxylic acids is 1. The van der Waals surface area contributed by atoms with Gasteiger partial charge in [-0.1, -0.05) is 12.1 Å². The summed E-state index contributed by atoms with van der Waals surface area (Å²) in [6, 6.07) is 9.99. The van der Waals surface area contributed by atoms with Gasteiger partial charge in [0.25, 0.3) is 5.91 Å². The molecule has 9 nitrogen and oxygen atoms in total. The lowest BCUT2D eigenvalue weighted by molar-refractivity contribution is -0.255. The van der Waals surface area contributed by atoms with Gasteiger partial charge < -0.3 is 24.3 Å². The Kier molecular flexibility index (Phi) is 5.35. The second-order valence-corrected chi connectivity index (χ2v) is 8.80. The van der Waals surface area contributed by atoms with Gasteiger partial charge in [-0.3, -0.25) is 4.79 Å². The molecule has 0 N–H and O–H groups in total. The second-order valence-electron chi connectivity index (χ2n) is 6.87. The number of benzene rings is 2.